The summed E-state index contributed by atoms with van der Waals surface area (Å²) in [4.78, 5) is 4.12. The van der Waals surface area contributed by atoms with Gasteiger partial charge in [-0.2, -0.15) is 0 Å². The molecule has 0 fully saturated rings. The lowest BCUT2D eigenvalue weighted by molar-refractivity contribution is 0.536. The van der Waals surface area contributed by atoms with Crippen LogP contribution in [0, 0.1) is 0 Å². The van der Waals surface area contributed by atoms with Gasteiger partial charge < -0.3 is 4.42 Å². The fourth-order valence-electron chi connectivity index (χ4n) is 1.30. The van der Waals surface area contributed by atoms with Crippen LogP contribution in [-0.4, -0.2) is 4.98 Å². The number of nitrogens with zero attached hydrogens (tertiary/aromatic N) is 1. The van der Waals surface area contributed by atoms with Gasteiger partial charge in [0, 0.05) is 18.0 Å². The van der Waals surface area contributed by atoms with Gasteiger partial charge in [0.2, 0.25) is 5.71 Å². The standard InChI is InChI=1S/C10H11NO/c1-2-4-9-7-8-5-3-6-11-10(8)12-9/h3,5-7H,2,4H2,1H3. The molecule has 12 heavy (non-hydrogen) atoms. The van der Waals surface area contributed by atoms with E-state index >= 15 is 0 Å². The predicted octanol–water partition coefficient (Wildman–Crippen LogP) is 2.78. The van der Waals surface area contributed by atoms with E-state index in [9.17, 15) is 0 Å². The average molecular weight is 161 g/mol. The van der Waals surface area contributed by atoms with Crippen LogP contribution in [0.2, 0.25) is 0 Å². The summed E-state index contributed by atoms with van der Waals surface area (Å²) in [6.45, 7) is 2.14. The quantitative estimate of drug-likeness (QED) is 0.676. The molecule has 0 spiro atoms. The minimum Gasteiger partial charge on any atom is -0.443 e. The van der Waals surface area contributed by atoms with E-state index in [2.05, 4.69) is 18.0 Å². The van der Waals surface area contributed by atoms with Crippen molar-refractivity contribution in [2.45, 2.75) is 19.8 Å². The molecule has 2 heteroatoms. The van der Waals surface area contributed by atoms with Crippen molar-refractivity contribution in [1.82, 2.24) is 4.98 Å². The highest BCUT2D eigenvalue weighted by atomic mass is 16.3. The van der Waals surface area contributed by atoms with Gasteiger partial charge in [-0.1, -0.05) is 6.92 Å². The van der Waals surface area contributed by atoms with Crippen molar-refractivity contribution in [3.63, 3.8) is 0 Å². The SMILES string of the molecule is CCCc1cc2cccnc2o1. The number of rotatable bonds is 2. The normalized spacial score (nSPS) is 10.8. The van der Waals surface area contributed by atoms with E-state index in [0.717, 1.165) is 29.7 Å². The van der Waals surface area contributed by atoms with E-state index in [1.807, 2.05) is 12.1 Å². The Bertz CT molecular complexity index is 345. The summed E-state index contributed by atoms with van der Waals surface area (Å²) in [6.07, 6.45) is 3.86. The maximum Gasteiger partial charge on any atom is 0.226 e. The summed E-state index contributed by atoms with van der Waals surface area (Å²) >= 11 is 0. The average Bonchev–Trinajstić information content (AvgIpc) is 2.47. The van der Waals surface area contributed by atoms with Gasteiger partial charge in [-0.3, -0.25) is 0 Å². The highest BCUT2D eigenvalue weighted by Crippen LogP contribution is 2.17. The van der Waals surface area contributed by atoms with Crippen LogP contribution in [0.4, 0.5) is 0 Å². The van der Waals surface area contributed by atoms with Crippen LogP contribution < -0.4 is 0 Å². The van der Waals surface area contributed by atoms with Crippen LogP contribution in [0.5, 0.6) is 0 Å². The zero-order valence-electron chi connectivity index (χ0n) is 7.08. The Morgan fingerprint density at radius 2 is 2.42 bits per heavy atom. The van der Waals surface area contributed by atoms with Gasteiger partial charge in [0.05, 0.1) is 0 Å². The first-order valence-corrected chi connectivity index (χ1v) is 4.23. The van der Waals surface area contributed by atoms with Crippen molar-refractivity contribution in [2.24, 2.45) is 0 Å². The van der Waals surface area contributed by atoms with Crippen molar-refractivity contribution in [2.75, 3.05) is 0 Å². The molecule has 62 valence electrons. The maximum absolute atomic E-state index is 5.50. The topological polar surface area (TPSA) is 26.0 Å². The van der Waals surface area contributed by atoms with Gasteiger partial charge in [0.1, 0.15) is 5.76 Å². The number of hydrogen-bond acceptors (Lipinski definition) is 2. The van der Waals surface area contributed by atoms with Gasteiger partial charge in [0.25, 0.3) is 0 Å². The smallest absolute Gasteiger partial charge is 0.226 e. The van der Waals surface area contributed by atoms with Crippen LogP contribution in [0.15, 0.2) is 28.8 Å². The van der Waals surface area contributed by atoms with Gasteiger partial charge in [-0.25, -0.2) is 4.98 Å². The summed E-state index contributed by atoms with van der Waals surface area (Å²) < 4.78 is 5.50. The molecule has 0 aromatic carbocycles. The zero-order chi connectivity index (χ0) is 8.39. The highest BCUT2D eigenvalue weighted by molar-refractivity contribution is 5.73. The summed E-state index contributed by atoms with van der Waals surface area (Å²) in [6, 6.07) is 6.00. The molecule has 0 aliphatic carbocycles. The van der Waals surface area contributed by atoms with E-state index in [1.54, 1.807) is 6.20 Å². The van der Waals surface area contributed by atoms with Crippen LogP contribution in [-0.2, 0) is 6.42 Å². The molecule has 0 N–H and O–H groups in total. The van der Waals surface area contributed by atoms with Crippen LogP contribution in [0.25, 0.3) is 11.1 Å². The monoisotopic (exact) mass is 161 g/mol. The van der Waals surface area contributed by atoms with Crippen molar-refractivity contribution in [3.05, 3.63) is 30.2 Å². The van der Waals surface area contributed by atoms with Gasteiger partial charge >= 0.3 is 0 Å². The molecule has 0 saturated carbocycles. The Labute approximate surface area is 71.2 Å². The Morgan fingerprint density at radius 3 is 3.17 bits per heavy atom. The van der Waals surface area contributed by atoms with Gasteiger partial charge in [-0.05, 0) is 24.6 Å². The molecule has 0 atom stereocenters. The first kappa shape index (κ1) is 7.35. The second-order valence-corrected chi connectivity index (χ2v) is 2.86. The molecule has 0 saturated heterocycles. The summed E-state index contributed by atoms with van der Waals surface area (Å²) in [5, 5.41) is 1.10. The van der Waals surface area contributed by atoms with Crippen LogP contribution >= 0.6 is 0 Å². The Kier molecular flexibility index (Phi) is 1.82. The lowest BCUT2D eigenvalue weighted by atomic mass is 10.2. The highest BCUT2D eigenvalue weighted by Gasteiger charge is 2.01. The molecule has 0 aliphatic heterocycles. The minimum absolute atomic E-state index is 0.751. The maximum atomic E-state index is 5.50. The Balaban J connectivity index is 2.47. The van der Waals surface area contributed by atoms with E-state index in [0.29, 0.717) is 0 Å². The number of pyridine rings is 1. The molecule has 2 aromatic heterocycles. The van der Waals surface area contributed by atoms with Crippen LogP contribution in [0.1, 0.15) is 19.1 Å². The van der Waals surface area contributed by atoms with Gasteiger partial charge in [0.15, 0.2) is 0 Å². The number of aromatic nitrogens is 1. The molecule has 0 aliphatic rings. The fourth-order valence-corrected chi connectivity index (χ4v) is 1.30. The molecule has 0 amide bonds. The molecule has 2 rings (SSSR count). The number of fused-ring (bicyclic) bond motifs is 1. The second-order valence-electron chi connectivity index (χ2n) is 2.86. The fraction of sp³-hybridized carbons (Fsp3) is 0.300. The Hall–Kier alpha value is -1.31. The van der Waals surface area contributed by atoms with E-state index in [4.69, 9.17) is 4.42 Å². The molecule has 0 radical (unpaired) electrons. The van der Waals surface area contributed by atoms with E-state index in [1.165, 1.54) is 0 Å². The third-order valence-electron chi connectivity index (χ3n) is 1.84. The molecule has 0 bridgehead atoms. The van der Waals surface area contributed by atoms with Crippen molar-refractivity contribution >= 4 is 11.1 Å². The number of furan rings is 1. The van der Waals surface area contributed by atoms with Crippen molar-refractivity contribution in [3.8, 4) is 0 Å². The summed E-state index contributed by atoms with van der Waals surface area (Å²) in [7, 11) is 0. The third-order valence-corrected chi connectivity index (χ3v) is 1.84. The predicted molar refractivity (Wildman–Crippen MR) is 48.0 cm³/mol. The molecule has 0 unspecified atom stereocenters. The molecular formula is C10H11NO. The molecule has 2 aromatic rings. The van der Waals surface area contributed by atoms with E-state index < -0.39 is 0 Å². The second kappa shape index (κ2) is 2.97. The molecule has 2 heterocycles. The van der Waals surface area contributed by atoms with Crippen molar-refractivity contribution in [1.29, 1.82) is 0 Å². The molecular weight excluding hydrogens is 150 g/mol. The summed E-state index contributed by atoms with van der Waals surface area (Å²) in [5.74, 6) is 1.03. The largest absolute Gasteiger partial charge is 0.443 e. The summed E-state index contributed by atoms with van der Waals surface area (Å²) in [5.41, 5.74) is 0.751. The zero-order valence-corrected chi connectivity index (χ0v) is 7.08. The first-order chi connectivity index (χ1) is 5.90. The number of aryl methyl sites for hydroxylation is 1. The molecule has 2 nitrogen and oxygen atoms in total. The lowest BCUT2D eigenvalue weighted by Crippen LogP contribution is -1.74. The third kappa shape index (κ3) is 1.20. The van der Waals surface area contributed by atoms with Gasteiger partial charge in [-0.15, -0.1) is 0 Å². The Morgan fingerprint density at radius 1 is 1.50 bits per heavy atom. The minimum atomic E-state index is 0.751. The van der Waals surface area contributed by atoms with Crippen molar-refractivity contribution < 1.29 is 4.42 Å². The van der Waals surface area contributed by atoms with Crippen LogP contribution in [0.3, 0.4) is 0 Å². The number of hydrogen-bond donors (Lipinski definition) is 0. The first-order valence-electron chi connectivity index (χ1n) is 4.23. The lowest BCUT2D eigenvalue weighted by Gasteiger charge is -1.86. The van der Waals surface area contributed by atoms with E-state index in [-0.39, 0.29) is 0 Å².